The predicted molar refractivity (Wildman–Crippen MR) is 136 cm³/mol. The van der Waals surface area contributed by atoms with E-state index in [9.17, 15) is 9.18 Å². The van der Waals surface area contributed by atoms with Crippen LogP contribution < -0.4 is 10.2 Å². The van der Waals surface area contributed by atoms with E-state index in [-0.39, 0.29) is 23.9 Å². The van der Waals surface area contributed by atoms with Gasteiger partial charge in [0.1, 0.15) is 23.6 Å². The molecule has 1 unspecified atom stereocenters. The molecule has 2 N–H and O–H groups in total. The third-order valence-corrected chi connectivity index (χ3v) is 6.61. The number of halogens is 1. The highest BCUT2D eigenvalue weighted by molar-refractivity contribution is 5.92. The van der Waals surface area contributed by atoms with Gasteiger partial charge in [-0.2, -0.15) is 5.26 Å². The molecule has 36 heavy (non-hydrogen) atoms. The number of benzene rings is 2. The van der Waals surface area contributed by atoms with Crippen molar-refractivity contribution in [1.29, 1.82) is 5.26 Å². The summed E-state index contributed by atoms with van der Waals surface area (Å²) in [4.78, 5) is 29.3. The molecule has 4 aromatic rings. The number of nitrogens with zero attached hydrogens (tertiary/aromatic N) is 5. The summed E-state index contributed by atoms with van der Waals surface area (Å²) in [6, 6.07) is 17.3. The minimum absolute atomic E-state index is 0.0552. The van der Waals surface area contributed by atoms with Crippen molar-refractivity contribution >= 4 is 22.9 Å². The normalized spacial score (nSPS) is 16.6. The lowest BCUT2D eigenvalue weighted by molar-refractivity contribution is 0.168. The number of hydrogen-bond donors (Lipinski definition) is 2. The maximum atomic E-state index is 13.6. The topological polar surface area (TPSA) is 101 Å². The summed E-state index contributed by atoms with van der Waals surface area (Å²) in [6.07, 6.45) is 1.54. The summed E-state index contributed by atoms with van der Waals surface area (Å²) < 4.78 is 13.6. The van der Waals surface area contributed by atoms with Gasteiger partial charge in [0.15, 0.2) is 0 Å². The van der Waals surface area contributed by atoms with E-state index in [0.717, 1.165) is 33.7 Å². The third kappa shape index (κ3) is 4.58. The molecule has 0 aliphatic carbocycles. The number of hydrogen-bond acceptors (Lipinski definition) is 5. The van der Waals surface area contributed by atoms with Crippen LogP contribution in [0.25, 0.3) is 22.3 Å². The summed E-state index contributed by atoms with van der Waals surface area (Å²) in [5.41, 5.74) is 3.92. The highest BCUT2D eigenvalue weighted by Gasteiger charge is 2.30. The lowest BCUT2D eigenvalue weighted by Crippen LogP contribution is -2.57. The number of carbonyl (C=O) groups is 1. The summed E-state index contributed by atoms with van der Waals surface area (Å²) in [5.74, 6) is 0.495. The molecule has 2 atom stereocenters. The van der Waals surface area contributed by atoms with E-state index in [4.69, 9.17) is 5.26 Å². The van der Waals surface area contributed by atoms with Crippen LogP contribution in [0, 0.1) is 17.1 Å². The van der Waals surface area contributed by atoms with E-state index in [0.29, 0.717) is 25.2 Å². The van der Waals surface area contributed by atoms with Gasteiger partial charge < -0.3 is 20.1 Å². The van der Waals surface area contributed by atoms with Gasteiger partial charge in [-0.15, -0.1) is 0 Å². The zero-order valence-electron chi connectivity index (χ0n) is 20.1. The Morgan fingerprint density at radius 1 is 1.19 bits per heavy atom. The van der Waals surface area contributed by atoms with Crippen molar-refractivity contribution in [3.63, 3.8) is 0 Å². The lowest BCUT2D eigenvalue weighted by atomic mass is 10.1. The zero-order chi connectivity index (χ0) is 25.2. The monoisotopic (exact) mass is 483 g/mol. The molecule has 8 nitrogen and oxygen atoms in total. The minimum Gasteiger partial charge on any atom is -0.352 e. The van der Waals surface area contributed by atoms with Crippen molar-refractivity contribution in [2.45, 2.75) is 25.9 Å². The Bertz CT molecular complexity index is 1440. The number of aromatic amines is 1. The van der Waals surface area contributed by atoms with Crippen LogP contribution in [-0.4, -0.2) is 51.6 Å². The van der Waals surface area contributed by atoms with Crippen LogP contribution in [-0.2, 0) is 0 Å². The SMILES string of the molecule is CC(NC(=O)N1CCN(c2ncnc3[nH]c(-c4ccc(C#N)cc4)cc23)C[C@H]1C)c1cccc(F)c1. The number of nitriles is 1. The van der Waals surface area contributed by atoms with Crippen molar-refractivity contribution in [2.24, 2.45) is 0 Å². The Morgan fingerprint density at radius 2 is 2.00 bits per heavy atom. The maximum Gasteiger partial charge on any atom is 0.318 e. The van der Waals surface area contributed by atoms with E-state index in [1.165, 1.54) is 12.1 Å². The second kappa shape index (κ2) is 9.66. The number of amides is 2. The highest BCUT2D eigenvalue weighted by Crippen LogP contribution is 2.30. The first-order valence-corrected chi connectivity index (χ1v) is 11.8. The first kappa shape index (κ1) is 23.3. The summed E-state index contributed by atoms with van der Waals surface area (Å²) in [7, 11) is 0. The fourth-order valence-corrected chi connectivity index (χ4v) is 4.64. The second-order valence-corrected chi connectivity index (χ2v) is 9.05. The first-order valence-electron chi connectivity index (χ1n) is 11.8. The van der Waals surface area contributed by atoms with Gasteiger partial charge in [-0.05, 0) is 55.3 Å². The second-order valence-electron chi connectivity index (χ2n) is 9.05. The number of urea groups is 1. The van der Waals surface area contributed by atoms with Crippen LogP contribution in [0.3, 0.4) is 0 Å². The molecule has 0 saturated carbocycles. The quantitative estimate of drug-likeness (QED) is 0.441. The minimum atomic E-state index is -0.321. The average Bonchev–Trinajstić information content (AvgIpc) is 3.33. The van der Waals surface area contributed by atoms with Crippen LogP contribution in [0.1, 0.15) is 31.0 Å². The molecule has 2 aromatic carbocycles. The van der Waals surface area contributed by atoms with Crippen LogP contribution in [0.2, 0.25) is 0 Å². The molecule has 1 aliphatic heterocycles. The van der Waals surface area contributed by atoms with Gasteiger partial charge in [0.25, 0.3) is 0 Å². The van der Waals surface area contributed by atoms with E-state index in [1.54, 1.807) is 30.6 Å². The highest BCUT2D eigenvalue weighted by atomic mass is 19.1. The molecule has 5 rings (SSSR count). The van der Waals surface area contributed by atoms with E-state index in [2.05, 4.69) is 31.2 Å². The molecule has 182 valence electrons. The van der Waals surface area contributed by atoms with Crippen molar-refractivity contribution in [2.75, 3.05) is 24.5 Å². The van der Waals surface area contributed by atoms with E-state index < -0.39 is 0 Å². The molecular formula is C27H26FN7O. The molecule has 0 radical (unpaired) electrons. The molecule has 1 fully saturated rings. The fraction of sp³-hybridized carbons (Fsp3) is 0.259. The predicted octanol–water partition coefficient (Wildman–Crippen LogP) is 4.62. The average molecular weight is 484 g/mol. The Morgan fingerprint density at radius 3 is 2.72 bits per heavy atom. The fourth-order valence-electron chi connectivity index (χ4n) is 4.64. The van der Waals surface area contributed by atoms with E-state index >= 15 is 0 Å². The van der Waals surface area contributed by atoms with Gasteiger partial charge in [-0.25, -0.2) is 19.2 Å². The summed E-state index contributed by atoms with van der Waals surface area (Å²) in [5, 5.41) is 12.9. The van der Waals surface area contributed by atoms with Crippen molar-refractivity contribution < 1.29 is 9.18 Å². The number of carbonyl (C=O) groups excluding carboxylic acids is 1. The number of fused-ring (bicyclic) bond motifs is 1. The van der Waals surface area contributed by atoms with Gasteiger partial charge in [0, 0.05) is 31.4 Å². The first-order chi connectivity index (χ1) is 17.4. The van der Waals surface area contributed by atoms with Crippen molar-refractivity contribution in [3.05, 3.63) is 77.9 Å². The van der Waals surface area contributed by atoms with Gasteiger partial charge >= 0.3 is 6.03 Å². The Hall–Kier alpha value is -4.45. The van der Waals surface area contributed by atoms with Crippen LogP contribution in [0.5, 0.6) is 0 Å². The van der Waals surface area contributed by atoms with Gasteiger partial charge in [0.2, 0.25) is 0 Å². The van der Waals surface area contributed by atoms with Gasteiger partial charge in [0.05, 0.1) is 23.1 Å². The van der Waals surface area contributed by atoms with Gasteiger partial charge in [-0.3, -0.25) is 0 Å². The van der Waals surface area contributed by atoms with Crippen LogP contribution in [0.15, 0.2) is 60.9 Å². The number of anilines is 1. The number of aromatic nitrogens is 3. The summed E-state index contributed by atoms with van der Waals surface area (Å²) >= 11 is 0. The maximum absolute atomic E-state index is 13.6. The van der Waals surface area contributed by atoms with E-state index in [1.807, 2.05) is 36.9 Å². The Labute approximate surface area is 208 Å². The van der Waals surface area contributed by atoms with Crippen molar-refractivity contribution in [3.8, 4) is 17.3 Å². The molecular weight excluding hydrogens is 457 g/mol. The molecule has 2 amide bonds. The third-order valence-electron chi connectivity index (χ3n) is 6.61. The van der Waals surface area contributed by atoms with Gasteiger partial charge in [-0.1, -0.05) is 24.3 Å². The van der Waals surface area contributed by atoms with Crippen molar-refractivity contribution in [1.82, 2.24) is 25.2 Å². The molecule has 0 spiro atoms. The Balaban J connectivity index is 1.30. The molecule has 2 aromatic heterocycles. The largest absolute Gasteiger partial charge is 0.352 e. The number of rotatable bonds is 4. The molecule has 1 aliphatic rings. The molecule has 3 heterocycles. The smallest absolute Gasteiger partial charge is 0.318 e. The number of nitrogens with one attached hydrogen (secondary N) is 2. The molecule has 0 bridgehead atoms. The van der Waals surface area contributed by atoms with Crippen LogP contribution >= 0.6 is 0 Å². The number of H-pyrrole nitrogens is 1. The standard InChI is InChI=1S/C27H26FN7O/c1-17-15-34(10-11-35(17)27(36)32-18(2)21-4-3-5-22(28)12-21)26-23-13-24(33-25(23)30-16-31-26)20-8-6-19(14-29)7-9-20/h3-9,12-13,16-18H,10-11,15H2,1-2H3,(H,32,36)(H,30,31,33)/t17-,18?/m1/s1. The Kier molecular flexibility index (Phi) is 6.25. The molecule has 1 saturated heterocycles. The summed E-state index contributed by atoms with van der Waals surface area (Å²) in [6.45, 7) is 5.63. The number of piperazine rings is 1. The lowest BCUT2D eigenvalue weighted by Gasteiger charge is -2.40. The van der Waals surface area contributed by atoms with Crippen LogP contribution in [0.4, 0.5) is 15.0 Å². The zero-order valence-corrected chi connectivity index (χ0v) is 20.1. The molecule has 9 heteroatoms.